The van der Waals surface area contributed by atoms with Crippen LogP contribution in [0.2, 0.25) is 0 Å². The van der Waals surface area contributed by atoms with E-state index in [0.717, 1.165) is 37.4 Å². The van der Waals surface area contributed by atoms with Gasteiger partial charge in [-0.15, -0.1) is 0 Å². The largest absolute Gasteiger partial charge is 0.385 e. The summed E-state index contributed by atoms with van der Waals surface area (Å²) in [6.07, 6.45) is 0.978. The molecule has 0 atom stereocenters. The molecule has 0 saturated heterocycles. The molecular formula is C13H22N4O2. The second-order valence-electron chi connectivity index (χ2n) is 4.68. The first-order chi connectivity index (χ1) is 9.02. The summed E-state index contributed by atoms with van der Waals surface area (Å²) in [5.41, 5.74) is 1.66. The molecule has 1 aromatic carbocycles. The molecule has 0 unspecified atom stereocenters. The van der Waals surface area contributed by atoms with Crippen LogP contribution in [-0.2, 0) is 0 Å². The average molecular weight is 266 g/mol. The second kappa shape index (κ2) is 7.58. The van der Waals surface area contributed by atoms with Crippen LogP contribution >= 0.6 is 0 Å². The van der Waals surface area contributed by atoms with E-state index in [9.17, 15) is 10.1 Å². The van der Waals surface area contributed by atoms with Gasteiger partial charge in [-0.2, -0.15) is 0 Å². The van der Waals surface area contributed by atoms with Gasteiger partial charge in [0, 0.05) is 43.1 Å². The number of anilines is 2. The number of hydrogen-bond acceptors (Lipinski definition) is 5. The van der Waals surface area contributed by atoms with Crippen molar-refractivity contribution in [2.75, 3.05) is 44.4 Å². The van der Waals surface area contributed by atoms with E-state index in [1.165, 1.54) is 0 Å². The highest BCUT2D eigenvalue weighted by Crippen LogP contribution is 2.24. The molecule has 1 rings (SSSR count). The summed E-state index contributed by atoms with van der Waals surface area (Å²) in [6.45, 7) is 4.49. The van der Waals surface area contributed by atoms with Crippen molar-refractivity contribution < 1.29 is 4.92 Å². The minimum absolute atomic E-state index is 0.105. The maximum absolute atomic E-state index is 10.9. The van der Waals surface area contributed by atoms with Gasteiger partial charge in [-0.25, -0.2) is 0 Å². The van der Waals surface area contributed by atoms with E-state index in [4.69, 9.17) is 0 Å². The predicted octanol–water partition coefficient (Wildman–Crippen LogP) is 2.39. The van der Waals surface area contributed by atoms with Crippen LogP contribution in [0.15, 0.2) is 18.2 Å². The van der Waals surface area contributed by atoms with Crippen LogP contribution in [0, 0.1) is 10.1 Å². The normalized spacial score (nSPS) is 10.5. The lowest BCUT2D eigenvalue weighted by Gasteiger charge is -2.12. The van der Waals surface area contributed by atoms with E-state index in [0.29, 0.717) is 0 Å². The molecule has 0 amide bonds. The Bertz CT molecular complexity index is 421. The van der Waals surface area contributed by atoms with Gasteiger partial charge in [-0.05, 0) is 26.6 Å². The molecule has 0 heterocycles. The van der Waals surface area contributed by atoms with Crippen molar-refractivity contribution in [3.8, 4) is 0 Å². The summed E-state index contributed by atoms with van der Waals surface area (Å²) in [7, 11) is 3.98. The van der Waals surface area contributed by atoms with Crippen molar-refractivity contribution in [3.05, 3.63) is 28.3 Å². The van der Waals surface area contributed by atoms with Gasteiger partial charge >= 0.3 is 0 Å². The number of non-ortho nitro benzene ring substituents is 1. The minimum atomic E-state index is -0.367. The summed E-state index contributed by atoms with van der Waals surface area (Å²) < 4.78 is 0. The summed E-state index contributed by atoms with van der Waals surface area (Å²) in [5.74, 6) is 0. The fourth-order valence-corrected chi connectivity index (χ4v) is 1.61. The first-order valence-electron chi connectivity index (χ1n) is 6.45. The van der Waals surface area contributed by atoms with Crippen molar-refractivity contribution in [2.45, 2.75) is 13.3 Å². The minimum Gasteiger partial charge on any atom is -0.385 e. The fraction of sp³-hybridized carbons (Fsp3) is 0.538. The zero-order valence-electron chi connectivity index (χ0n) is 11.8. The lowest BCUT2D eigenvalue weighted by Crippen LogP contribution is -2.20. The van der Waals surface area contributed by atoms with Gasteiger partial charge in [0.25, 0.3) is 5.69 Å². The molecule has 0 bridgehead atoms. The Labute approximate surface area is 113 Å². The Balaban J connectivity index is 2.77. The fourth-order valence-electron chi connectivity index (χ4n) is 1.61. The van der Waals surface area contributed by atoms with E-state index < -0.39 is 0 Å². The van der Waals surface area contributed by atoms with Crippen LogP contribution in [0.25, 0.3) is 0 Å². The molecule has 0 aliphatic rings. The molecule has 1 aromatic rings. The zero-order valence-corrected chi connectivity index (χ0v) is 11.8. The highest BCUT2D eigenvalue weighted by atomic mass is 16.6. The molecular weight excluding hydrogens is 244 g/mol. The van der Waals surface area contributed by atoms with E-state index in [2.05, 4.69) is 22.5 Å². The third-order valence-electron chi connectivity index (χ3n) is 2.60. The Kier molecular flexibility index (Phi) is 6.08. The molecule has 6 nitrogen and oxygen atoms in total. The molecule has 0 aromatic heterocycles. The van der Waals surface area contributed by atoms with Crippen LogP contribution in [0.4, 0.5) is 17.1 Å². The Morgan fingerprint density at radius 1 is 1.16 bits per heavy atom. The molecule has 0 radical (unpaired) electrons. The highest BCUT2D eigenvalue weighted by molar-refractivity contribution is 5.63. The summed E-state index contributed by atoms with van der Waals surface area (Å²) in [5, 5.41) is 17.3. The maximum Gasteiger partial charge on any atom is 0.273 e. The van der Waals surface area contributed by atoms with Crippen LogP contribution in [-0.4, -0.2) is 43.6 Å². The first kappa shape index (κ1) is 15.2. The molecule has 0 saturated carbocycles. The summed E-state index contributed by atoms with van der Waals surface area (Å²) in [6, 6.07) is 5.03. The number of nitro benzene ring substituents is 1. The van der Waals surface area contributed by atoms with Crippen molar-refractivity contribution in [1.29, 1.82) is 0 Å². The standard InChI is InChI=1S/C13H22N4O2/c1-4-5-14-11-8-12(15-6-7-16(2)3)10-13(9-11)17(18)19/h8-10,14-15H,4-7H2,1-3H3. The summed E-state index contributed by atoms with van der Waals surface area (Å²) in [4.78, 5) is 12.6. The smallest absolute Gasteiger partial charge is 0.273 e. The third kappa shape index (κ3) is 5.56. The van der Waals surface area contributed by atoms with Crippen molar-refractivity contribution in [2.24, 2.45) is 0 Å². The predicted molar refractivity (Wildman–Crippen MR) is 78.9 cm³/mol. The number of likely N-dealkylation sites (N-methyl/N-ethyl adjacent to an activating group) is 1. The van der Waals surface area contributed by atoms with Crippen LogP contribution < -0.4 is 10.6 Å². The molecule has 106 valence electrons. The lowest BCUT2D eigenvalue weighted by atomic mass is 10.2. The second-order valence-corrected chi connectivity index (χ2v) is 4.68. The number of hydrogen-bond donors (Lipinski definition) is 2. The third-order valence-corrected chi connectivity index (χ3v) is 2.60. The molecule has 0 aliphatic heterocycles. The average Bonchev–Trinajstić information content (AvgIpc) is 2.35. The lowest BCUT2D eigenvalue weighted by molar-refractivity contribution is -0.384. The maximum atomic E-state index is 10.9. The van der Waals surface area contributed by atoms with Gasteiger partial charge in [-0.1, -0.05) is 6.92 Å². The van der Waals surface area contributed by atoms with Gasteiger partial charge in [-0.3, -0.25) is 10.1 Å². The first-order valence-corrected chi connectivity index (χ1v) is 6.45. The van der Waals surface area contributed by atoms with Crippen LogP contribution in [0.5, 0.6) is 0 Å². The summed E-state index contributed by atoms with van der Waals surface area (Å²) >= 11 is 0. The van der Waals surface area contributed by atoms with Crippen molar-refractivity contribution >= 4 is 17.1 Å². The van der Waals surface area contributed by atoms with Crippen molar-refractivity contribution in [1.82, 2.24) is 4.90 Å². The van der Waals surface area contributed by atoms with E-state index >= 15 is 0 Å². The number of nitro groups is 1. The van der Waals surface area contributed by atoms with Crippen LogP contribution in [0.1, 0.15) is 13.3 Å². The highest BCUT2D eigenvalue weighted by Gasteiger charge is 2.09. The van der Waals surface area contributed by atoms with Gasteiger partial charge in [0.15, 0.2) is 0 Å². The molecule has 0 spiro atoms. The molecule has 19 heavy (non-hydrogen) atoms. The number of nitrogens with one attached hydrogen (secondary N) is 2. The zero-order chi connectivity index (χ0) is 14.3. The number of nitrogens with zero attached hydrogens (tertiary/aromatic N) is 2. The monoisotopic (exact) mass is 266 g/mol. The Morgan fingerprint density at radius 3 is 2.21 bits per heavy atom. The van der Waals surface area contributed by atoms with E-state index in [1.807, 2.05) is 20.2 Å². The molecule has 6 heteroatoms. The van der Waals surface area contributed by atoms with Gasteiger partial charge in [0.05, 0.1) is 4.92 Å². The van der Waals surface area contributed by atoms with Gasteiger partial charge in [0.2, 0.25) is 0 Å². The van der Waals surface area contributed by atoms with E-state index in [1.54, 1.807) is 12.1 Å². The van der Waals surface area contributed by atoms with Gasteiger partial charge in [0.1, 0.15) is 0 Å². The molecule has 0 fully saturated rings. The topological polar surface area (TPSA) is 70.4 Å². The number of rotatable bonds is 8. The number of benzene rings is 1. The quantitative estimate of drug-likeness (QED) is 0.558. The Hall–Kier alpha value is -1.82. The molecule has 0 aliphatic carbocycles. The Morgan fingerprint density at radius 2 is 1.74 bits per heavy atom. The van der Waals surface area contributed by atoms with Gasteiger partial charge < -0.3 is 15.5 Å². The van der Waals surface area contributed by atoms with Crippen LogP contribution in [0.3, 0.4) is 0 Å². The van der Waals surface area contributed by atoms with E-state index in [-0.39, 0.29) is 10.6 Å². The van der Waals surface area contributed by atoms with Crippen molar-refractivity contribution in [3.63, 3.8) is 0 Å². The molecule has 2 N–H and O–H groups in total. The SMILES string of the molecule is CCCNc1cc(NCCN(C)C)cc([N+](=O)[O-])c1.